The SMILES string of the molecule is N#CC1(c2cccc(I)c2)CC2CCC(C1)O2. The summed E-state index contributed by atoms with van der Waals surface area (Å²) in [4.78, 5) is 0. The number of nitriles is 1. The van der Waals surface area contributed by atoms with E-state index in [0.29, 0.717) is 12.2 Å². The Balaban J connectivity index is 2.00. The number of nitrogens with zero attached hydrogens (tertiary/aromatic N) is 1. The van der Waals surface area contributed by atoms with Crippen molar-refractivity contribution in [1.82, 2.24) is 0 Å². The standard InChI is InChI=1S/C14H14INO/c15-11-3-1-2-10(6-11)14(9-16)7-12-4-5-13(8-14)17-12/h1-3,6,12-13H,4-5,7-8H2. The summed E-state index contributed by atoms with van der Waals surface area (Å²) >= 11 is 2.31. The smallest absolute Gasteiger partial charge is 0.0872 e. The van der Waals surface area contributed by atoms with E-state index in [1.807, 2.05) is 6.07 Å². The minimum absolute atomic E-state index is 0.297. The lowest BCUT2D eigenvalue weighted by Crippen LogP contribution is -2.37. The van der Waals surface area contributed by atoms with Crippen LogP contribution in [0.2, 0.25) is 0 Å². The summed E-state index contributed by atoms with van der Waals surface area (Å²) in [6.45, 7) is 0. The van der Waals surface area contributed by atoms with Crippen molar-refractivity contribution in [2.24, 2.45) is 0 Å². The van der Waals surface area contributed by atoms with E-state index in [4.69, 9.17) is 4.74 Å². The zero-order chi connectivity index (χ0) is 11.9. The van der Waals surface area contributed by atoms with Gasteiger partial charge in [0.1, 0.15) is 0 Å². The number of hydrogen-bond acceptors (Lipinski definition) is 2. The zero-order valence-corrected chi connectivity index (χ0v) is 11.7. The number of halogens is 1. The second-order valence-electron chi connectivity index (χ2n) is 5.07. The summed E-state index contributed by atoms with van der Waals surface area (Å²) < 4.78 is 7.06. The zero-order valence-electron chi connectivity index (χ0n) is 9.53. The van der Waals surface area contributed by atoms with Crippen LogP contribution in [0, 0.1) is 14.9 Å². The van der Waals surface area contributed by atoms with Crippen molar-refractivity contribution < 1.29 is 4.74 Å². The average molecular weight is 339 g/mol. The molecule has 0 radical (unpaired) electrons. The van der Waals surface area contributed by atoms with Gasteiger partial charge >= 0.3 is 0 Å². The van der Waals surface area contributed by atoms with Crippen LogP contribution < -0.4 is 0 Å². The Morgan fingerprint density at radius 2 is 2.00 bits per heavy atom. The van der Waals surface area contributed by atoms with E-state index >= 15 is 0 Å². The van der Waals surface area contributed by atoms with Gasteiger partial charge in [0.15, 0.2) is 0 Å². The van der Waals surface area contributed by atoms with Gasteiger partial charge in [-0.3, -0.25) is 0 Å². The van der Waals surface area contributed by atoms with Gasteiger partial charge in [-0.1, -0.05) is 12.1 Å². The molecule has 2 aliphatic heterocycles. The van der Waals surface area contributed by atoms with Crippen LogP contribution in [-0.2, 0) is 10.2 Å². The van der Waals surface area contributed by atoms with E-state index in [1.165, 1.54) is 9.13 Å². The maximum atomic E-state index is 9.64. The Morgan fingerprint density at radius 3 is 2.59 bits per heavy atom. The first kappa shape index (κ1) is 11.5. The minimum atomic E-state index is -0.314. The molecule has 0 aliphatic carbocycles. The molecule has 2 unspecified atom stereocenters. The fraction of sp³-hybridized carbons (Fsp3) is 0.500. The fourth-order valence-corrected chi connectivity index (χ4v) is 3.66. The lowest BCUT2D eigenvalue weighted by atomic mass is 9.73. The lowest BCUT2D eigenvalue weighted by molar-refractivity contribution is -0.0184. The highest BCUT2D eigenvalue weighted by atomic mass is 127. The van der Waals surface area contributed by atoms with Crippen LogP contribution >= 0.6 is 22.6 Å². The van der Waals surface area contributed by atoms with Crippen LogP contribution in [0.3, 0.4) is 0 Å². The van der Waals surface area contributed by atoms with Gasteiger partial charge in [-0.15, -0.1) is 0 Å². The van der Waals surface area contributed by atoms with Gasteiger partial charge in [-0.2, -0.15) is 5.26 Å². The quantitative estimate of drug-likeness (QED) is 0.735. The van der Waals surface area contributed by atoms with Gasteiger partial charge < -0.3 is 4.74 Å². The van der Waals surface area contributed by atoms with E-state index in [-0.39, 0.29) is 5.41 Å². The Morgan fingerprint density at radius 1 is 1.29 bits per heavy atom. The van der Waals surface area contributed by atoms with E-state index in [9.17, 15) is 5.26 Å². The van der Waals surface area contributed by atoms with E-state index < -0.39 is 0 Å². The van der Waals surface area contributed by atoms with E-state index in [0.717, 1.165) is 25.7 Å². The Hall–Kier alpha value is -0.600. The molecule has 2 saturated heterocycles. The van der Waals surface area contributed by atoms with Gasteiger partial charge in [-0.05, 0) is 66.0 Å². The summed E-state index contributed by atoms with van der Waals surface area (Å²) in [6, 6.07) is 10.9. The predicted molar refractivity (Wildman–Crippen MR) is 73.6 cm³/mol. The summed E-state index contributed by atoms with van der Waals surface area (Å²) in [6.07, 6.45) is 4.56. The molecule has 0 spiro atoms. The predicted octanol–water partition coefficient (Wildman–Crippen LogP) is 3.39. The highest BCUT2D eigenvalue weighted by Gasteiger charge is 2.46. The molecule has 0 aromatic heterocycles. The van der Waals surface area contributed by atoms with Crippen molar-refractivity contribution in [3.05, 3.63) is 33.4 Å². The first-order valence-electron chi connectivity index (χ1n) is 6.05. The maximum Gasteiger partial charge on any atom is 0.0872 e. The van der Waals surface area contributed by atoms with Gasteiger partial charge in [0.2, 0.25) is 0 Å². The summed E-state index contributed by atoms with van der Waals surface area (Å²) in [5.41, 5.74) is 0.859. The minimum Gasteiger partial charge on any atom is -0.375 e. The molecular weight excluding hydrogens is 325 g/mol. The average Bonchev–Trinajstić information content (AvgIpc) is 2.69. The number of fused-ring (bicyclic) bond motifs is 2. The first-order valence-corrected chi connectivity index (χ1v) is 7.12. The molecule has 1 aromatic rings. The largest absolute Gasteiger partial charge is 0.375 e. The molecule has 3 heteroatoms. The maximum absolute atomic E-state index is 9.64. The van der Waals surface area contributed by atoms with Crippen LogP contribution in [0.4, 0.5) is 0 Å². The molecule has 0 N–H and O–H groups in total. The molecular formula is C14H14INO. The normalized spacial score (nSPS) is 35.5. The molecule has 2 aliphatic rings. The molecule has 2 atom stereocenters. The molecule has 0 amide bonds. The third-order valence-corrected chi connectivity index (χ3v) is 4.61. The third kappa shape index (κ3) is 1.98. The third-order valence-electron chi connectivity index (χ3n) is 3.94. The van der Waals surface area contributed by atoms with Crippen molar-refractivity contribution in [3.8, 4) is 6.07 Å². The van der Waals surface area contributed by atoms with Gasteiger partial charge in [0.25, 0.3) is 0 Å². The van der Waals surface area contributed by atoms with Gasteiger partial charge in [0.05, 0.1) is 23.7 Å². The monoisotopic (exact) mass is 339 g/mol. The second-order valence-corrected chi connectivity index (χ2v) is 6.32. The molecule has 88 valence electrons. The molecule has 1 aromatic carbocycles. The molecule has 0 saturated carbocycles. The van der Waals surface area contributed by atoms with E-state index in [2.05, 4.69) is 46.9 Å². The molecule has 17 heavy (non-hydrogen) atoms. The molecule has 2 nitrogen and oxygen atoms in total. The number of ether oxygens (including phenoxy) is 1. The second kappa shape index (κ2) is 4.25. The highest BCUT2D eigenvalue weighted by Crippen LogP contribution is 2.45. The van der Waals surface area contributed by atoms with Crippen molar-refractivity contribution >= 4 is 22.6 Å². The van der Waals surface area contributed by atoms with Crippen LogP contribution in [0.1, 0.15) is 31.2 Å². The van der Waals surface area contributed by atoms with Crippen LogP contribution in [-0.4, -0.2) is 12.2 Å². The van der Waals surface area contributed by atoms with E-state index in [1.54, 1.807) is 0 Å². The Labute approximate surface area is 115 Å². The molecule has 2 bridgehead atoms. The van der Waals surface area contributed by atoms with Crippen molar-refractivity contribution in [3.63, 3.8) is 0 Å². The number of rotatable bonds is 1. The van der Waals surface area contributed by atoms with Crippen molar-refractivity contribution in [2.45, 2.75) is 43.3 Å². The van der Waals surface area contributed by atoms with Gasteiger partial charge in [0, 0.05) is 3.57 Å². The lowest BCUT2D eigenvalue weighted by Gasteiger charge is -2.35. The first-order chi connectivity index (χ1) is 8.22. The molecule has 3 rings (SSSR count). The summed E-state index contributed by atoms with van der Waals surface area (Å²) in [7, 11) is 0. The molecule has 2 heterocycles. The highest BCUT2D eigenvalue weighted by molar-refractivity contribution is 14.1. The topological polar surface area (TPSA) is 33.0 Å². The summed E-state index contributed by atoms with van der Waals surface area (Å²) in [5.74, 6) is 0. The van der Waals surface area contributed by atoms with Crippen LogP contribution in [0.25, 0.3) is 0 Å². The van der Waals surface area contributed by atoms with Crippen molar-refractivity contribution in [2.75, 3.05) is 0 Å². The number of hydrogen-bond donors (Lipinski definition) is 0. The van der Waals surface area contributed by atoms with Crippen LogP contribution in [0.15, 0.2) is 24.3 Å². The van der Waals surface area contributed by atoms with Crippen LogP contribution in [0.5, 0.6) is 0 Å². The molecule has 2 fully saturated rings. The Bertz CT molecular complexity index is 467. The number of benzene rings is 1. The summed E-state index contributed by atoms with van der Waals surface area (Å²) in [5, 5.41) is 9.64. The van der Waals surface area contributed by atoms with Gasteiger partial charge in [-0.25, -0.2) is 0 Å². The fourth-order valence-electron chi connectivity index (χ4n) is 3.12. The van der Waals surface area contributed by atoms with Crippen molar-refractivity contribution in [1.29, 1.82) is 5.26 Å². The Kier molecular flexibility index (Phi) is 2.87.